The van der Waals surface area contributed by atoms with Crippen LogP contribution in [0.2, 0.25) is 0 Å². The van der Waals surface area contributed by atoms with E-state index in [0.29, 0.717) is 39.0 Å². The number of hydrogen-bond donors (Lipinski definition) is 2. The maximum absolute atomic E-state index is 13.8. The number of rotatable bonds is 7. The van der Waals surface area contributed by atoms with E-state index in [1.165, 1.54) is 28.2 Å². The van der Waals surface area contributed by atoms with Crippen molar-refractivity contribution in [3.63, 3.8) is 0 Å². The Hall–Kier alpha value is -4.81. The average Bonchev–Trinajstić information content (AvgIpc) is 3.65. The van der Waals surface area contributed by atoms with E-state index in [4.69, 9.17) is 4.52 Å². The fourth-order valence-electron chi connectivity index (χ4n) is 4.32. The lowest BCUT2D eigenvalue weighted by atomic mass is 10.1. The third kappa shape index (κ3) is 4.98. The van der Waals surface area contributed by atoms with E-state index in [9.17, 15) is 13.2 Å². The van der Waals surface area contributed by atoms with Crippen molar-refractivity contribution in [2.45, 2.75) is 25.7 Å². The van der Waals surface area contributed by atoms with Gasteiger partial charge < -0.3 is 4.52 Å². The molecule has 0 spiro atoms. The van der Waals surface area contributed by atoms with Crippen LogP contribution in [0.1, 0.15) is 23.7 Å². The summed E-state index contributed by atoms with van der Waals surface area (Å²) in [5.41, 5.74) is 4.50. The molecule has 0 saturated heterocycles. The van der Waals surface area contributed by atoms with Crippen molar-refractivity contribution in [2.24, 2.45) is 4.99 Å². The van der Waals surface area contributed by atoms with Crippen molar-refractivity contribution in [1.82, 2.24) is 19.9 Å². The van der Waals surface area contributed by atoms with Crippen LogP contribution in [-0.2, 0) is 10.0 Å². The van der Waals surface area contributed by atoms with Crippen molar-refractivity contribution in [3.8, 4) is 16.4 Å². The molecule has 3 aromatic carbocycles. The minimum Gasteiger partial charge on any atom is -0.337 e. The Morgan fingerprint density at radius 2 is 1.71 bits per heavy atom. The molecule has 0 fully saturated rings. The van der Waals surface area contributed by atoms with Crippen LogP contribution in [0.4, 0.5) is 11.6 Å². The number of thiazole rings is 1. The minimum absolute atomic E-state index is 0.0346. The molecular formula is C29H24N6O4S2. The molecule has 0 aliphatic rings. The highest BCUT2D eigenvalue weighted by atomic mass is 32.2. The zero-order chi connectivity index (χ0) is 28.7. The number of anilines is 1. The molecule has 10 nitrogen and oxygen atoms in total. The van der Waals surface area contributed by atoms with Gasteiger partial charge in [-0.05, 0) is 57.2 Å². The van der Waals surface area contributed by atoms with Gasteiger partial charge in [-0.2, -0.15) is 4.68 Å². The van der Waals surface area contributed by atoms with Gasteiger partial charge in [0.05, 0.1) is 43.5 Å². The molecule has 12 heteroatoms. The van der Waals surface area contributed by atoms with Gasteiger partial charge in [-0.1, -0.05) is 59.0 Å². The summed E-state index contributed by atoms with van der Waals surface area (Å²) in [6.07, 6.45) is 0. The molecule has 0 saturated carbocycles. The van der Waals surface area contributed by atoms with Crippen molar-refractivity contribution in [2.75, 3.05) is 4.72 Å². The number of benzene rings is 3. The summed E-state index contributed by atoms with van der Waals surface area (Å²) in [5, 5.41) is 7.54. The molecule has 0 atom stereocenters. The summed E-state index contributed by atoms with van der Waals surface area (Å²) in [6.45, 7) is 5.20. The molecule has 0 amide bonds. The van der Waals surface area contributed by atoms with Crippen molar-refractivity contribution < 1.29 is 12.9 Å². The molecule has 6 aromatic rings. The molecule has 6 rings (SSSR count). The van der Waals surface area contributed by atoms with E-state index in [1.54, 1.807) is 32.9 Å². The lowest BCUT2D eigenvalue weighted by Gasteiger charge is -2.06. The van der Waals surface area contributed by atoms with E-state index in [-0.39, 0.29) is 16.3 Å². The second kappa shape index (κ2) is 10.3. The highest BCUT2D eigenvalue weighted by Gasteiger charge is 2.22. The normalized spacial score (nSPS) is 12.2. The summed E-state index contributed by atoms with van der Waals surface area (Å²) >= 11 is 1.41. The Bertz CT molecular complexity index is 2050. The highest BCUT2D eigenvalue weighted by molar-refractivity contribution is 7.92. The molecule has 0 aliphatic heterocycles. The fourth-order valence-corrected chi connectivity index (χ4v) is 6.29. The zero-order valence-electron chi connectivity index (χ0n) is 22.2. The topological polar surface area (TPSA) is 135 Å². The smallest absolute Gasteiger partial charge is 0.283 e. The first-order chi connectivity index (χ1) is 19.7. The molecule has 3 aromatic heterocycles. The van der Waals surface area contributed by atoms with Crippen molar-refractivity contribution in [3.05, 3.63) is 106 Å². The van der Waals surface area contributed by atoms with E-state index in [1.807, 2.05) is 54.6 Å². The predicted molar refractivity (Wildman–Crippen MR) is 160 cm³/mol. The summed E-state index contributed by atoms with van der Waals surface area (Å²) in [5.74, 6) is 0.0748. The number of nitrogens with zero attached hydrogens (tertiary/aromatic N) is 4. The van der Waals surface area contributed by atoms with Crippen LogP contribution in [0.3, 0.4) is 0 Å². The quantitative estimate of drug-likeness (QED) is 0.221. The number of sulfonamides is 1. The third-order valence-electron chi connectivity index (χ3n) is 6.62. The second-order valence-corrected chi connectivity index (χ2v) is 12.0. The monoisotopic (exact) mass is 584 g/mol. The lowest BCUT2D eigenvalue weighted by molar-refractivity contribution is 0.430. The van der Waals surface area contributed by atoms with Crippen LogP contribution in [0.15, 0.2) is 98.1 Å². The summed E-state index contributed by atoms with van der Waals surface area (Å²) < 4.78 is 35.7. The lowest BCUT2D eigenvalue weighted by Crippen LogP contribution is -2.19. The average molecular weight is 585 g/mol. The number of aromatic nitrogens is 4. The molecule has 0 bridgehead atoms. The summed E-state index contributed by atoms with van der Waals surface area (Å²) in [4.78, 5) is 23.1. The second-order valence-electron chi connectivity index (χ2n) is 9.35. The Morgan fingerprint density at radius 1 is 1.00 bits per heavy atom. The Morgan fingerprint density at radius 3 is 2.39 bits per heavy atom. The fraction of sp³-hybridized carbons (Fsp3) is 0.103. The first kappa shape index (κ1) is 26.4. The molecule has 0 aliphatic carbocycles. The zero-order valence-corrected chi connectivity index (χ0v) is 23.9. The summed E-state index contributed by atoms with van der Waals surface area (Å²) in [7, 11) is -3.90. The SMILES string of the molecule is CC(=Nc1ccc(S(=O)(=O)Nc2onc(C)c2C)cc1)c1c(-c2ccccc2)[nH]n(-c2nc3ccccc3s2)c1=O. The van der Waals surface area contributed by atoms with Crippen molar-refractivity contribution >= 4 is 48.9 Å². The largest absolute Gasteiger partial charge is 0.337 e. The van der Waals surface area contributed by atoms with Gasteiger partial charge in [0, 0.05) is 11.1 Å². The van der Waals surface area contributed by atoms with Crippen LogP contribution < -0.4 is 10.3 Å². The molecule has 206 valence electrons. The molecule has 0 unspecified atom stereocenters. The molecule has 41 heavy (non-hydrogen) atoms. The maximum atomic E-state index is 13.8. The van der Waals surface area contributed by atoms with Gasteiger partial charge in [0.1, 0.15) is 0 Å². The van der Waals surface area contributed by atoms with E-state index < -0.39 is 10.0 Å². The van der Waals surface area contributed by atoms with Crippen LogP contribution in [0.5, 0.6) is 0 Å². The van der Waals surface area contributed by atoms with Gasteiger partial charge in [0.25, 0.3) is 15.6 Å². The van der Waals surface area contributed by atoms with Gasteiger partial charge in [-0.15, -0.1) is 0 Å². The Kier molecular flexibility index (Phi) is 6.64. The van der Waals surface area contributed by atoms with Crippen LogP contribution >= 0.6 is 11.3 Å². The number of fused-ring (bicyclic) bond motifs is 1. The first-order valence-electron chi connectivity index (χ1n) is 12.6. The van der Waals surface area contributed by atoms with Gasteiger partial charge >= 0.3 is 0 Å². The van der Waals surface area contributed by atoms with E-state index in [2.05, 4.69) is 25.0 Å². The molecule has 3 heterocycles. The van der Waals surface area contributed by atoms with Crippen LogP contribution in [0, 0.1) is 13.8 Å². The van der Waals surface area contributed by atoms with Gasteiger partial charge in [0.2, 0.25) is 11.0 Å². The van der Waals surface area contributed by atoms with Crippen LogP contribution in [-0.4, -0.2) is 34.1 Å². The molecule has 0 radical (unpaired) electrons. The molecular weight excluding hydrogens is 560 g/mol. The number of hydrogen-bond acceptors (Lipinski definition) is 8. The minimum atomic E-state index is -3.90. The number of aromatic amines is 1. The third-order valence-corrected chi connectivity index (χ3v) is 8.99. The van der Waals surface area contributed by atoms with Gasteiger partial charge in [0.15, 0.2) is 0 Å². The van der Waals surface area contributed by atoms with Crippen molar-refractivity contribution in [1.29, 1.82) is 0 Å². The number of nitrogens with one attached hydrogen (secondary N) is 2. The number of aryl methyl sites for hydroxylation is 1. The first-order valence-corrected chi connectivity index (χ1v) is 14.9. The van der Waals surface area contributed by atoms with E-state index >= 15 is 0 Å². The van der Waals surface area contributed by atoms with Crippen LogP contribution in [0.25, 0.3) is 26.6 Å². The highest BCUT2D eigenvalue weighted by Crippen LogP contribution is 2.28. The van der Waals surface area contributed by atoms with E-state index in [0.717, 1.165) is 15.8 Å². The maximum Gasteiger partial charge on any atom is 0.283 e. The molecule has 2 N–H and O–H groups in total. The summed E-state index contributed by atoms with van der Waals surface area (Å²) in [6, 6.07) is 23.3. The Balaban J connectivity index is 1.37. The Labute approximate surface area is 239 Å². The number of aliphatic imine (C=N–C) groups is 1. The van der Waals surface area contributed by atoms with Gasteiger partial charge in [-0.25, -0.2) is 18.1 Å². The predicted octanol–water partition coefficient (Wildman–Crippen LogP) is 5.99. The number of para-hydroxylation sites is 1. The van der Waals surface area contributed by atoms with Gasteiger partial charge in [-0.3, -0.25) is 14.9 Å². The standard InChI is InChI=1S/C29H24N6O4S2/c1-17-18(2)33-39-27(17)34-41(37,38)22-15-13-21(14-16-22)30-19(3)25-26(20-9-5-4-6-10-20)32-35(28(25)36)29-31-23-11-7-8-12-24(23)40-29/h4-16,32,34H,1-3H3. The number of H-pyrrole nitrogens is 1.